The van der Waals surface area contributed by atoms with Crippen LogP contribution in [0.25, 0.3) is 0 Å². The van der Waals surface area contributed by atoms with Gasteiger partial charge in [-0.3, -0.25) is 9.69 Å². The van der Waals surface area contributed by atoms with Crippen LogP contribution in [0.3, 0.4) is 0 Å². The fourth-order valence-electron chi connectivity index (χ4n) is 5.83. The molecule has 176 valence electrons. The van der Waals surface area contributed by atoms with E-state index in [2.05, 4.69) is 22.3 Å². The summed E-state index contributed by atoms with van der Waals surface area (Å²) in [5.41, 5.74) is 3.67. The highest BCUT2D eigenvalue weighted by Gasteiger charge is 2.56. The summed E-state index contributed by atoms with van der Waals surface area (Å²) in [4.78, 5) is 29.5. The van der Waals surface area contributed by atoms with Crippen molar-refractivity contribution in [2.45, 2.75) is 57.2 Å². The minimum atomic E-state index is -0.321. The molecule has 0 radical (unpaired) electrons. The number of ether oxygens (including phenoxy) is 1. The van der Waals surface area contributed by atoms with E-state index in [-0.39, 0.29) is 23.6 Å². The number of aryl methyl sites for hydroxylation is 2. The molecule has 2 amide bonds. The molecule has 2 aromatic carbocycles. The predicted octanol–water partition coefficient (Wildman–Crippen LogP) is 4.47. The van der Waals surface area contributed by atoms with Gasteiger partial charge < -0.3 is 15.0 Å². The highest BCUT2D eigenvalue weighted by Crippen LogP contribution is 2.52. The number of amides is 2. The lowest BCUT2D eigenvalue weighted by Gasteiger charge is -2.42. The molecule has 33 heavy (non-hydrogen) atoms. The Morgan fingerprint density at radius 3 is 2.30 bits per heavy atom. The second kappa shape index (κ2) is 9.56. The summed E-state index contributed by atoms with van der Waals surface area (Å²) < 4.78 is 5.46. The molecule has 0 aliphatic carbocycles. The number of hydrogen-bond donors (Lipinski definition) is 1. The predicted molar refractivity (Wildman–Crippen MR) is 129 cm³/mol. The molecule has 2 heterocycles. The van der Waals surface area contributed by atoms with Crippen molar-refractivity contribution < 1.29 is 14.3 Å². The summed E-state index contributed by atoms with van der Waals surface area (Å²) >= 11 is 0. The van der Waals surface area contributed by atoms with Gasteiger partial charge in [-0.2, -0.15) is 0 Å². The van der Waals surface area contributed by atoms with Crippen molar-refractivity contribution in [1.82, 2.24) is 15.1 Å². The molecule has 1 atom stereocenters. The topological polar surface area (TPSA) is 61.9 Å². The van der Waals surface area contributed by atoms with Crippen molar-refractivity contribution in [3.63, 3.8) is 0 Å². The minimum Gasteiger partial charge on any atom is -0.448 e. The van der Waals surface area contributed by atoms with Crippen LogP contribution in [-0.2, 0) is 4.74 Å². The second-order valence-corrected chi connectivity index (χ2v) is 9.62. The quantitative estimate of drug-likeness (QED) is 0.678. The van der Waals surface area contributed by atoms with Crippen molar-refractivity contribution in [2.24, 2.45) is 0 Å². The number of carbonyl (C=O) groups is 2. The molecule has 0 spiro atoms. The van der Waals surface area contributed by atoms with Crippen LogP contribution >= 0.6 is 0 Å². The van der Waals surface area contributed by atoms with Gasteiger partial charge in [-0.15, -0.1) is 0 Å². The van der Waals surface area contributed by atoms with E-state index in [1.54, 1.807) is 14.1 Å². The van der Waals surface area contributed by atoms with Gasteiger partial charge in [-0.25, -0.2) is 4.79 Å². The monoisotopic (exact) mass is 449 g/mol. The second-order valence-electron chi connectivity index (χ2n) is 9.62. The molecule has 2 aliphatic rings. The van der Waals surface area contributed by atoms with E-state index in [0.717, 1.165) is 47.9 Å². The van der Waals surface area contributed by atoms with Gasteiger partial charge in [0.15, 0.2) is 0 Å². The van der Waals surface area contributed by atoms with Gasteiger partial charge in [0.2, 0.25) is 0 Å². The number of fused-ring (bicyclic) bond motifs is 2. The third kappa shape index (κ3) is 4.49. The van der Waals surface area contributed by atoms with Gasteiger partial charge in [-0.1, -0.05) is 48.5 Å². The van der Waals surface area contributed by atoms with E-state index in [1.165, 1.54) is 4.90 Å². The SMILES string of the molecule is Cc1cccc(C)c1C(=O)N[C@H](c1ccccc1)C12CCC(CC1)N2CCOC(=O)N(C)C. The molecule has 6 heteroatoms. The van der Waals surface area contributed by atoms with Gasteiger partial charge in [0, 0.05) is 37.8 Å². The van der Waals surface area contributed by atoms with Crippen LogP contribution in [0.4, 0.5) is 4.79 Å². The molecule has 4 rings (SSSR count). The average molecular weight is 450 g/mol. The van der Waals surface area contributed by atoms with Crippen LogP contribution in [0.1, 0.15) is 58.8 Å². The van der Waals surface area contributed by atoms with E-state index < -0.39 is 0 Å². The Bertz CT molecular complexity index is 977. The number of rotatable bonds is 7. The molecular weight excluding hydrogens is 414 g/mol. The number of benzene rings is 2. The Kier molecular flexibility index (Phi) is 6.75. The van der Waals surface area contributed by atoms with E-state index >= 15 is 0 Å². The lowest BCUT2D eigenvalue weighted by Crippen LogP contribution is -2.53. The minimum absolute atomic E-state index is 0.0248. The molecule has 6 nitrogen and oxygen atoms in total. The Hall–Kier alpha value is -2.86. The maximum absolute atomic E-state index is 13.6. The molecule has 0 unspecified atom stereocenters. The molecule has 2 saturated heterocycles. The first kappa shape index (κ1) is 23.3. The summed E-state index contributed by atoms with van der Waals surface area (Å²) in [7, 11) is 3.38. The number of hydrogen-bond acceptors (Lipinski definition) is 4. The average Bonchev–Trinajstić information content (AvgIpc) is 3.33. The van der Waals surface area contributed by atoms with E-state index in [4.69, 9.17) is 4.74 Å². The summed E-state index contributed by atoms with van der Waals surface area (Å²) in [6, 6.07) is 16.6. The fourth-order valence-corrected chi connectivity index (χ4v) is 5.83. The van der Waals surface area contributed by atoms with E-state index in [0.29, 0.717) is 19.2 Å². The van der Waals surface area contributed by atoms with Gasteiger partial charge in [-0.05, 0) is 56.2 Å². The zero-order valence-corrected chi connectivity index (χ0v) is 20.1. The highest BCUT2D eigenvalue weighted by atomic mass is 16.6. The standard InChI is InChI=1S/C27H35N3O3/c1-19-9-8-10-20(2)23(19)25(31)28-24(21-11-6-5-7-12-21)27-15-13-22(14-16-27)30(27)17-18-33-26(32)29(3)4/h5-12,22,24H,13-18H2,1-4H3,(H,28,31)/t22?,24-,27?/m1/s1. The zero-order valence-electron chi connectivity index (χ0n) is 20.1. The molecule has 2 aliphatic heterocycles. The first-order valence-corrected chi connectivity index (χ1v) is 11.9. The molecule has 0 saturated carbocycles. The third-order valence-corrected chi connectivity index (χ3v) is 7.41. The summed E-state index contributed by atoms with van der Waals surface area (Å²) in [6.07, 6.45) is 3.92. The van der Waals surface area contributed by atoms with Crippen LogP contribution in [0.15, 0.2) is 48.5 Å². The van der Waals surface area contributed by atoms with Crippen molar-refractivity contribution in [3.05, 3.63) is 70.8 Å². The van der Waals surface area contributed by atoms with E-state index in [9.17, 15) is 9.59 Å². The van der Waals surface area contributed by atoms with Crippen molar-refractivity contribution in [1.29, 1.82) is 0 Å². The first-order chi connectivity index (χ1) is 15.8. The van der Waals surface area contributed by atoms with Crippen molar-refractivity contribution >= 4 is 12.0 Å². The smallest absolute Gasteiger partial charge is 0.409 e. The lowest BCUT2D eigenvalue weighted by molar-refractivity contribution is 0.0600. The Morgan fingerprint density at radius 1 is 1.06 bits per heavy atom. The number of nitrogens with zero attached hydrogens (tertiary/aromatic N) is 2. The molecule has 2 fully saturated rings. The largest absolute Gasteiger partial charge is 0.448 e. The third-order valence-electron chi connectivity index (χ3n) is 7.41. The maximum Gasteiger partial charge on any atom is 0.409 e. The Morgan fingerprint density at radius 2 is 1.70 bits per heavy atom. The van der Waals surface area contributed by atoms with Gasteiger partial charge in [0.1, 0.15) is 6.61 Å². The van der Waals surface area contributed by atoms with Crippen LogP contribution in [0, 0.1) is 13.8 Å². The van der Waals surface area contributed by atoms with E-state index in [1.807, 2.05) is 50.2 Å². The molecular formula is C27H35N3O3. The normalized spacial score (nSPS) is 22.7. The molecule has 1 N–H and O–H groups in total. The maximum atomic E-state index is 13.6. The summed E-state index contributed by atoms with van der Waals surface area (Å²) in [5, 5.41) is 3.44. The van der Waals surface area contributed by atoms with Crippen LogP contribution in [0.2, 0.25) is 0 Å². The Balaban J connectivity index is 1.62. The molecule has 2 bridgehead atoms. The van der Waals surface area contributed by atoms with Crippen molar-refractivity contribution in [2.75, 3.05) is 27.2 Å². The summed E-state index contributed by atoms with van der Waals surface area (Å²) in [5.74, 6) is -0.0248. The van der Waals surface area contributed by atoms with Crippen molar-refractivity contribution in [3.8, 4) is 0 Å². The lowest BCUT2D eigenvalue weighted by atomic mass is 9.78. The highest BCUT2D eigenvalue weighted by molar-refractivity contribution is 5.97. The fraction of sp³-hybridized carbons (Fsp3) is 0.481. The van der Waals surface area contributed by atoms with Gasteiger partial charge in [0.25, 0.3) is 5.91 Å². The Labute approximate surface area is 196 Å². The summed E-state index contributed by atoms with van der Waals surface area (Å²) in [6.45, 7) is 5.00. The zero-order chi connectivity index (χ0) is 23.6. The van der Waals surface area contributed by atoms with Gasteiger partial charge in [0.05, 0.1) is 6.04 Å². The van der Waals surface area contributed by atoms with Crippen LogP contribution in [0.5, 0.6) is 0 Å². The van der Waals surface area contributed by atoms with Gasteiger partial charge >= 0.3 is 6.09 Å². The number of nitrogens with one attached hydrogen (secondary N) is 1. The molecule has 0 aromatic heterocycles. The van der Waals surface area contributed by atoms with Crippen LogP contribution in [-0.4, -0.2) is 60.6 Å². The first-order valence-electron chi connectivity index (χ1n) is 11.9. The molecule has 2 aromatic rings. The number of carbonyl (C=O) groups excluding carboxylic acids is 2. The van der Waals surface area contributed by atoms with Crippen LogP contribution < -0.4 is 5.32 Å².